The summed E-state index contributed by atoms with van der Waals surface area (Å²) < 4.78 is 51.2. The number of methoxy groups -OCH3 is 1. The third kappa shape index (κ3) is 7.18. The SMILES string of the molecule is CC[C@@H]1C[C@H](N(Cc2cc(Cl)cc(C(F)(F)F)c2)c2ncc(OC)cn2)C[C@H](CC)N1C(=O)OC(C)C. The van der Waals surface area contributed by atoms with Gasteiger partial charge < -0.3 is 19.3 Å². The molecule has 0 radical (unpaired) electrons. The monoisotopic (exact) mass is 542 g/mol. The maximum atomic E-state index is 13.5. The van der Waals surface area contributed by atoms with Crippen LogP contribution in [0.25, 0.3) is 0 Å². The number of anilines is 1. The average molecular weight is 543 g/mol. The molecule has 0 bridgehead atoms. The standard InChI is InChI=1S/C26H34ClF3N4O3/c1-6-20-11-22(12-21(7-2)34(20)25(35)37-16(3)4)33(24-31-13-23(36-5)14-32-24)15-17-8-18(26(28,29)30)10-19(27)9-17/h8-10,13-14,16,20-22H,6-7,11-12,15H2,1-5H3/t20-,21+,22+. The summed E-state index contributed by atoms with van der Waals surface area (Å²) in [5.74, 6) is 0.831. The van der Waals surface area contributed by atoms with E-state index in [1.165, 1.54) is 25.6 Å². The van der Waals surface area contributed by atoms with Crippen molar-refractivity contribution >= 4 is 23.6 Å². The van der Waals surface area contributed by atoms with Crippen LogP contribution in [0, 0.1) is 0 Å². The van der Waals surface area contributed by atoms with E-state index in [0.29, 0.717) is 42.9 Å². The second kappa shape index (κ2) is 12.2. The molecule has 3 rings (SSSR count). The largest absolute Gasteiger partial charge is 0.494 e. The van der Waals surface area contributed by atoms with Gasteiger partial charge in [-0.3, -0.25) is 0 Å². The Morgan fingerprint density at radius 2 is 1.73 bits per heavy atom. The first-order valence-electron chi connectivity index (χ1n) is 12.4. The van der Waals surface area contributed by atoms with Crippen LogP contribution in [0.5, 0.6) is 5.75 Å². The molecular formula is C26H34ClF3N4O3. The number of ether oxygens (including phenoxy) is 2. The van der Waals surface area contributed by atoms with Gasteiger partial charge in [0, 0.05) is 29.7 Å². The van der Waals surface area contributed by atoms with Crippen LogP contribution in [0.1, 0.15) is 64.5 Å². The number of carbonyl (C=O) groups is 1. The number of halogens is 4. The van der Waals surface area contributed by atoms with Crippen molar-refractivity contribution in [3.05, 3.63) is 46.7 Å². The van der Waals surface area contributed by atoms with Crippen molar-refractivity contribution < 1.29 is 27.4 Å². The third-order valence-corrected chi connectivity index (χ3v) is 6.77. The van der Waals surface area contributed by atoms with Crippen LogP contribution in [0.15, 0.2) is 30.6 Å². The number of alkyl halides is 3. The van der Waals surface area contributed by atoms with Crippen LogP contribution in [-0.4, -0.2) is 52.3 Å². The van der Waals surface area contributed by atoms with E-state index < -0.39 is 11.7 Å². The Bertz CT molecular complexity index is 1040. The summed E-state index contributed by atoms with van der Waals surface area (Å²) in [7, 11) is 1.50. The molecule has 0 N–H and O–H groups in total. The molecule has 0 saturated carbocycles. The van der Waals surface area contributed by atoms with Crippen molar-refractivity contribution in [1.29, 1.82) is 0 Å². The lowest BCUT2D eigenvalue weighted by Gasteiger charge is -2.47. The molecule has 0 unspecified atom stereocenters. The predicted molar refractivity (Wildman–Crippen MR) is 136 cm³/mol. The van der Waals surface area contributed by atoms with E-state index in [4.69, 9.17) is 21.1 Å². The Morgan fingerprint density at radius 1 is 1.14 bits per heavy atom. The lowest BCUT2D eigenvalue weighted by atomic mass is 9.87. The summed E-state index contributed by atoms with van der Waals surface area (Å²) in [6.45, 7) is 7.77. The lowest BCUT2D eigenvalue weighted by Crippen LogP contribution is -2.57. The molecule has 1 aromatic heterocycles. The first-order valence-corrected chi connectivity index (χ1v) is 12.8. The fourth-order valence-electron chi connectivity index (χ4n) is 4.82. The minimum atomic E-state index is -4.52. The zero-order valence-electron chi connectivity index (χ0n) is 21.8. The Hall–Kier alpha value is -2.75. The van der Waals surface area contributed by atoms with Gasteiger partial charge in [-0.05, 0) is 63.3 Å². The Morgan fingerprint density at radius 3 is 2.22 bits per heavy atom. The van der Waals surface area contributed by atoms with Crippen molar-refractivity contribution in [2.75, 3.05) is 12.0 Å². The first kappa shape index (κ1) is 28.8. The molecule has 1 saturated heterocycles. The number of hydrogen-bond donors (Lipinski definition) is 0. The van der Waals surface area contributed by atoms with Crippen LogP contribution < -0.4 is 9.64 Å². The summed E-state index contributed by atoms with van der Waals surface area (Å²) in [6.07, 6.45) is 0.518. The van der Waals surface area contributed by atoms with Crippen molar-refractivity contribution in [2.24, 2.45) is 0 Å². The summed E-state index contributed by atoms with van der Waals surface area (Å²) in [5, 5.41) is 0.00421. The number of likely N-dealkylation sites (tertiary alicyclic amines) is 1. The minimum absolute atomic E-state index is 0.00421. The Balaban J connectivity index is 1.99. The maximum Gasteiger partial charge on any atom is 0.416 e. The fourth-order valence-corrected chi connectivity index (χ4v) is 5.08. The zero-order chi connectivity index (χ0) is 27.3. The highest BCUT2D eigenvalue weighted by atomic mass is 35.5. The van der Waals surface area contributed by atoms with Gasteiger partial charge in [0.1, 0.15) is 0 Å². The van der Waals surface area contributed by atoms with Crippen molar-refractivity contribution in [1.82, 2.24) is 14.9 Å². The lowest BCUT2D eigenvalue weighted by molar-refractivity contribution is -0.137. The summed E-state index contributed by atoms with van der Waals surface area (Å²) in [5.41, 5.74) is -0.420. The van der Waals surface area contributed by atoms with Gasteiger partial charge in [0.15, 0.2) is 5.75 Å². The number of nitrogens with zero attached hydrogens (tertiary/aromatic N) is 4. The second-order valence-corrected chi connectivity index (χ2v) is 9.92. The highest BCUT2D eigenvalue weighted by molar-refractivity contribution is 6.30. The van der Waals surface area contributed by atoms with Crippen LogP contribution in [0.2, 0.25) is 5.02 Å². The highest BCUT2D eigenvalue weighted by Crippen LogP contribution is 2.35. The van der Waals surface area contributed by atoms with Crippen molar-refractivity contribution in [3.8, 4) is 5.75 Å². The molecule has 1 aliphatic heterocycles. The fraction of sp³-hybridized carbons (Fsp3) is 0.577. The molecule has 11 heteroatoms. The van der Waals surface area contributed by atoms with Gasteiger partial charge in [0.2, 0.25) is 5.95 Å². The summed E-state index contributed by atoms with van der Waals surface area (Å²) >= 11 is 6.07. The Labute approximate surface area is 220 Å². The van der Waals surface area contributed by atoms with E-state index in [2.05, 4.69) is 9.97 Å². The van der Waals surface area contributed by atoms with E-state index in [-0.39, 0.29) is 41.9 Å². The summed E-state index contributed by atoms with van der Waals surface area (Å²) in [4.78, 5) is 25.6. The predicted octanol–water partition coefficient (Wildman–Crippen LogP) is 6.73. The molecule has 204 valence electrons. The molecule has 2 heterocycles. The van der Waals surface area contributed by atoms with Crippen molar-refractivity contribution in [2.45, 2.75) is 90.3 Å². The molecule has 1 aliphatic rings. The maximum absolute atomic E-state index is 13.5. The molecule has 1 aromatic carbocycles. The molecule has 3 atom stereocenters. The quantitative estimate of drug-likeness (QED) is 0.368. The zero-order valence-corrected chi connectivity index (χ0v) is 22.5. The van der Waals surface area contributed by atoms with Crippen LogP contribution in [0.4, 0.5) is 23.9 Å². The van der Waals surface area contributed by atoms with Gasteiger partial charge >= 0.3 is 12.3 Å². The number of piperidine rings is 1. The smallest absolute Gasteiger partial charge is 0.416 e. The number of amides is 1. The van der Waals surface area contributed by atoms with Crippen LogP contribution >= 0.6 is 11.6 Å². The third-order valence-electron chi connectivity index (χ3n) is 6.55. The molecule has 37 heavy (non-hydrogen) atoms. The van der Waals surface area contributed by atoms with Gasteiger partial charge in [0.25, 0.3) is 0 Å². The van der Waals surface area contributed by atoms with Crippen molar-refractivity contribution in [3.63, 3.8) is 0 Å². The van der Waals surface area contributed by atoms with E-state index in [1.807, 2.05) is 37.5 Å². The van der Waals surface area contributed by atoms with E-state index >= 15 is 0 Å². The van der Waals surface area contributed by atoms with Gasteiger partial charge in [0.05, 0.1) is 31.2 Å². The van der Waals surface area contributed by atoms with Gasteiger partial charge in [-0.1, -0.05) is 25.4 Å². The molecule has 0 spiro atoms. The number of aromatic nitrogens is 2. The van der Waals surface area contributed by atoms with Crippen LogP contribution in [-0.2, 0) is 17.5 Å². The number of benzene rings is 1. The molecular weight excluding hydrogens is 509 g/mol. The second-order valence-electron chi connectivity index (χ2n) is 9.49. The number of rotatable bonds is 8. The van der Waals surface area contributed by atoms with E-state index in [1.54, 1.807) is 0 Å². The molecule has 7 nitrogen and oxygen atoms in total. The van der Waals surface area contributed by atoms with E-state index in [9.17, 15) is 18.0 Å². The Kier molecular flexibility index (Phi) is 9.50. The molecule has 1 amide bonds. The normalized spacial score (nSPS) is 20.2. The molecule has 0 aliphatic carbocycles. The minimum Gasteiger partial charge on any atom is -0.494 e. The van der Waals surface area contributed by atoms with Gasteiger partial charge in [-0.25, -0.2) is 14.8 Å². The van der Waals surface area contributed by atoms with E-state index in [0.717, 1.165) is 12.1 Å². The molecule has 2 aromatic rings. The topological polar surface area (TPSA) is 67.8 Å². The summed E-state index contributed by atoms with van der Waals surface area (Å²) in [6, 6.07) is 3.18. The highest BCUT2D eigenvalue weighted by Gasteiger charge is 2.41. The van der Waals surface area contributed by atoms with Gasteiger partial charge in [-0.15, -0.1) is 0 Å². The molecule has 1 fully saturated rings. The first-order chi connectivity index (χ1) is 17.5. The number of carbonyl (C=O) groups excluding carboxylic acids is 1. The number of hydrogen-bond acceptors (Lipinski definition) is 6. The van der Waals surface area contributed by atoms with Gasteiger partial charge in [-0.2, -0.15) is 13.2 Å². The van der Waals surface area contributed by atoms with Crippen LogP contribution in [0.3, 0.4) is 0 Å². The average Bonchev–Trinajstić information content (AvgIpc) is 2.85.